The first-order chi connectivity index (χ1) is 42.9. The van der Waals surface area contributed by atoms with E-state index in [-0.39, 0.29) is 35.8 Å². The molecule has 0 spiro atoms. The van der Waals surface area contributed by atoms with Crippen molar-refractivity contribution < 1.29 is 133 Å². The fourth-order valence-corrected chi connectivity index (χ4v) is 17.8. The van der Waals surface area contributed by atoms with Crippen LogP contribution in [0.3, 0.4) is 0 Å². The van der Waals surface area contributed by atoms with E-state index >= 15 is 0 Å². The fraction of sp³-hybridized carbons (Fsp3) is 0.846. The van der Waals surface area contributed by atoms with Gasteiger partial charge in [0.2, 0.25) is 0 Å². The molecule has 10 unspecified atom stereocenters. The molecule has 0 amide bonds. The van der Waals surface area contributed by atoms with Crippen LogP contribution in [-0.2, 0) is 71.3 Å². The van der Waals surface area contributed by atoms with Crippen LogP contribution in [-0.4, -0.2) is 246 Å². The van der Waals surface area contributed by atoms with Crippen molar-refractivity contribution in [3.05, 3.63) is 34.9 Å². The molecule has 9 aliphatic rings. The molecule has 0 aromatic heterocycles. The van der Waals surface area contributed by atoms with Crippen LogP contribution in [0, 0.1) is 50.2 Å². The van der Waals surface area contributed by atoms with Crippen molar-refractivity contribution in [2.24, 2.45) is 50.2 Å². The molecule has 4 saturated carbocycles. The monoisotopic (exact) mass is 1310 g/mol. The van der Waals surface area contributed by atoms with E-state index in [1.54, 1.807) is 33.8 Å². The molecule has 4 saturated heterocycles. The normalized spacial score (nSPS) is 48.4. The number of hydrogen-bond donors (Lipinski definition) is 12. The predicted octanol–water partition coefficient (Wildman–Crippen LogP) is 0.715. The molecule has 92 heavy (non-hydrogen) atoms. The number of carbonyl (C=O) groups is 4. The van der Waals surface area contributed by atoms with Crippen LogP contribution in [0.25, 0.3) is 0 Å². The molecule has 27 heteroatoms. The SMILES string of the molecule is C/C=C(/C)C(=O)O[C@@H]1C(O)[C@H](O[C@H]2[C@H](O)[C@@]3(COC(C)=O)C(CC2(C)C)C2=CCC4[C@@]5(C)CC[C@H](O[C@@H]6OC(C(=O)O)[C@H](O)[C@H](O[C@@H]7O[C@H](CO)C(O)[C@@H]7O)C6O[C@@H]6OC(CO)[C@H](O)[C@H](O)C6O)C(C)(C)C5CC[C@@]4(C)[C@]2(C)C[C@H]3O)OC(C)[C@@H]1OC(=O)/C(C)=C\C. The van der Waals surface area contributed by atoms with Gasteiger partial charge in [-0.2, -0.15) is 0 Å². The minimum absolute atomic E-state index is 0.0439. The van der Waals surface area contributed by atoms with Gasteiger partial charge in [0.05, 0.1) is 49.1 Å². The average molecular weight is 1310 g/mol. The maximum Gasteiger partial charge on any atom is 0.335 e. The number of rotatable bonds is 17. The summed E-state index contributed by atoms with van der Waals surface area (Å²) >= 11 is 0. The van der Waals surface area contributed by atoms with Gasteiger partial charge < -0.3 is 113 Å². The molecule has 30 atom stereocenters. The second-order valence-corrected chi connectivity index (χ2v) is 29.4. The molecule has 0 radical (unpaired) electrons. The van der Waals surface area contributed by atoms with Gasteiger partial charge in [-0.05, 0) is 124 Å². The Morgan fingerprint density at radius 2 is 1.16 bits per heavy atom. The lowest BCUT2D eigenvalue weighted by Gasteiger charge is -2.72. The maximum absolute atomic E-state index is 13.4. The molecular weight excluding hydrogens is 1210 g/mol. The molecule has 0 aromatic carbocycles. The molecule has 8 fully saturated rings. The van der Waals surface area contributed by atoms with Crippen molar-refractivity contribution in [1.82, 2.24) is 0 Å². The lowest BCUT2D eigenvalue weighted by Crippen LogP contribution is -2.72. The highest BCUT2D eigenvalue weighted by Crippen LogP contribution is 2.76. The highest BCUT2D eigenvalue weighted by molar-refractivity contribution is 5.88. The minimum atomic E-state index is -2.13. The second-order valence-electron chi connectivity index (χ2n) is 29.4. The number of aliphatic hydroxyl groups excluding tert-OH is 11. The molecular formula is C65H100O27. The molecule has 12 N–H and O–H groups in total. The highest BCUT2D eigenvalue weighted by Gasteiger charge is 2.74. The molecule has 4 aliphatic heterocycles. The van der Waals surface area contributed by atoms with Crippen LogP contribution in [0.1, 0.15) is 135 Å². The van der Waals surface area contributed by atoms with Crippen molar-refractivity contribution in [1.29, 1.82) is 0 Å². The summed E-state index contributed by atoms with van der Waals surface area (Å²) in [4.78, 5) is 52.4. The zero-order valence-corrected chi connectivity index (χ0v) is 54.8. The van der Waals surface area contributed by atoms with Gasteiger partial charge in [-0.3, -0.25) is 4.79 Å². The Labute approximate surface area is 535 Å². The summed E-state index contributed by atoms with van der Waals surface area (Å²) < 4.78 is 67.2. The fourth-order valence-electron chi connectivity index (χ4n) is 17.8. The van der Waals surface area contributed by atoms with Crippen molar-refractivity contribution in [2.45, 2.75) is 276 Å². The van der Waals surface area contributed by atoms with Crippen LogP contribution >= 0.6 is 0 Å². The van der Waals surface area contributed by atoms with Crippen molar-refractivity contribution in [3.63, 3.8) is 0 Å². The number of esters is 3. The number of allylic oxidation sites excluding steroid dienone is 4. The molecule has 4 heterocycles. The van der Waals surface area contributed by atoms with E-state index in [0.717, 1.165) is 5.57 Å². The zero-order chi connectivity index (χ0) is 68.0. The summed E-state index contributed by atoms with van der Waals surface area (Å²) in [5.41, 5.74) is -3.54. The van der Waals surface area contributed by atoms with E-state index < -0.39 is 223 Å². The van der Waals surface area contributed by atoms with Gasteiger partial charge in [0.25, 0.3) is 0 Å². The quantitative estimate of drug-likeness (QED) is 0.0314. The van der Waals surface area contributed by atoms with Crippen molar-refractivity contribution in [2.75, 3.05) is 19.8 Å². The summed E-state index contributed by atoms with van der Waals surface area (Å²) in [6.45, 7) is 21.8. The number of fused-ring (bicyclic) bond motifs is 7. The number of carbonyl (C=O) groups excluding carboxylic acids is 3. The molecule has 0 aromatic rings. The van der Waals surface area contributed by atoms with Gasteiger partial charge >= 0.3 is 23.9 Å². The summed E-state index contributed by atoms with van der Waals surface area (Å²) in [5.74, 6) is -4.56. The van der Waals surface area contributed by atoms with Crippen LogP contribution in [0.4, 0.5) is 0 Å². The Bertz CT molecular complexity index is 2790. The summed E-state index contributed by atoms with van der Waals surface area (Å²) in [6.07, 6.45) is -29.1. The first-order valence-corrected chi connectivity index (χ1v) is 32.3. The topological polar surface area (TPSA) is 413 Å². The Balaban J connectivity index is 1.01. The highest BCUT2D eigenvalue weighted by atomic mass is 16.8. The number of aliphatic hydroxyl groups is 11. The van der Waals surface area contributed by atoms with Gasteiger partial charge in [0.15, 0.2) is 43.5 Å². The van der Waals surface area contributed by atoms with Gasteiger partial charge in [-0.25, -0.2) is 14.4 Å². The van der Waals surface area contributed by atoms with E-state index in [4.69, 9.17) is 52.1 Å². The van der Waals surface area contributed by atoms with Gasteiger partial charge in [-0.15, -0.1) is 0 Å². The Hall–Kier alpha value is -3.66. The largest absolute Gasteiger partial charge is 0.479 e. The zero-order valence-electron chi connectivity index (χ0n) is 54.8. The molecule has 5 aliphatic carbocycles. The maximum atomic E-state index is 13.4. The number of aliphatic carboxylic acids is 1. The molecule has 522 valence electrons. The molecule has 0 bridgehead atoms. The average Bonchev–Trinajstić information content (AvgIpc) is 0.773. The number of carboxylic acids is 1. The van der Waals surface area contributed by atoms with Gasteiger partial charge in [-0.1, -0.05) is 72.3 Å². The number of carboxylic acid groups (broad SMARTS) is 1. The van der Waals surface area contributed by atoms with Crippen LogP contribution in [0.2, 0.25) is 0 Å². The first-order valence-electron chi connectivity index (χ1n) is 32.3. The molecule has 27 nitrogen and oxygen atoms in total. The lowest BCUT2D eigenvalue weighted by atomic mass is 9.33. The van der Waals surface area contributed by atoms with E-state index in [1.807, 2.05) is 27.7 Å². The second kappa shape index (κ2) is 27.0. The van der Waals surface area contributed by atoms with Crippen LogP contribution < -0.4 is 0 Å². The summed E-state index contributed by atoms with van der Waals surface area (Å²) in [7, 11) is 0. The third-order valence-electron chi connectivity index (χ3n) is 23.6. The standard InChI is InChI=1S/C65H100O27/c1-14-27(3)54(80)87-46-29(5)83-58(45(76)48(46)88-55(81)28(4)15-2)92-52-51(77)65(26-82-30(6)68)32(22-60(52,7)8)31-16-17-36-62(11)20-19-38(61(9,10)35(62)18-21-63(36,12)64(31,13)23-37(65)69)86-59-50(91-57-43(74)41(72)39(70)33(24-66)84-57)47(44(75)49(90-59)53(78)79)89-56-42(73)40(71)34(25-67)85-56/h14-16,29,32-52,56-59,66-67,69-77H,17-26H2,1-13H3,(H,78,79)/b27-14-,28-15-/t29?,32?,33?,34-,35?,36?,37-,38+,39+,40?,41+,42+,43?,44-,45?,46+,47+,48-,49?,50?,51+,52+,56+,57+,58+,59-,62+,63-,64-,65+/m1/s1. The summed E-state index contributed by atoms with van der Waals surface area (Å²) in [6, 6.07) is 0. The smallest absolute Gasteiger partial charge is 0.335 e. The third kappa shape index (κ3) is 12.3. The predicted molar refractivity (Wildman–Crippen MR) is 316 cm³/mol. The lowest BCUT2D eigenvalue weighted by molar-refractivity contribution is -0.386. The Morgan fingerprint density at radius 3 is 1.73 bits per heavy atom. The van der Waals surface area contributed by atoms with E-state index in [0.29, 0.717) is 32.1 Å². The first kappa shape index (κ1) is 72.6. The van der Waals surface area contributed by atoms with Crippen LogP contribution in [0.15, 0.2) is 34.9 Å². The third-order valence-corrected chi connectivity index (χ3v) is 23.6. The Kier molecular flexibility index (Phi) is 21.3. The number of hydrogen-bond acceptors (Lipinski definition) is 26. The van der Waals surface area contributed by atoms with E-state index in [1.165, 1.54) is 19.9 Å². The number of ether oxygens (including phenoxy) is 11. The van der Waals surface area contributed by atoms with E-state index in [2.05, 4.69) is 26.8 Å². The summed E-state index contributed by atoms with van der Waals surface area (Å²) in [5, 5.41) is 135. The van der Waals surface area contributed by atoms with Crippen LogP contribution in [0.5, 0.6) is 0 Å². The van der Waals surface area contributed by atoms with Crippen molar-refractivity contribution in [3.8, 4) is 0 Å². The Morgan fingerprint density at radius 1 is 0.609 bits per heavy atom. The van der Waals surface area contributed by atoms with Gasteiger partial charge in [0, 0.05) is 18.1 Å². The van der Waals surface area contributed by atoms with Crippen molar-refractivity contribution >= 4 is 23.9 Å². The minimum Gasteiger partial charge on any atom is -0.479 e. The molecule has 9 rings (SSSR count). The van der Waals surface area contributed by atoms with E-state index in [9.17, 15) is 80.5 Å². The van der Waals surface area contributed by atoms with Gasteiger partial charge in [0.1, 0.15) is 73.8 Å².